The highest BCUT2D eigenvalue weighted by Gasteiger charge is 2.29. The van der Waals surface area contributed by atoms with Crippen LogP contribution in [0.25, 0.3) is 10.9 Å². The number of ether oxygens (including phenoxy) is 1. The highest BCUT2D eigenvalue weighted by molar-refractivity contribution is 6.04. The summed E-state index contributed by atoms with van der Waals surface area (Å²) >= 11 is 0. The van der Waals surface area contributed by atoms with Crippen LogP contribution in [0.3, 0.4) is 0 Å². The Morgan fingerprint density at radius 3 is 3.09 bits per heavy atom. The lowest BCUT2D eigenvalue weighted by molar-refractivity contribution is -0.0266. The van der Waals surface area contributed by atoms with Crippen LogP contribution < -0.4 is 0 Å². The molecule has 1 atom stereocenters. The summed E-state index contributed by atoms with van der Waals surface area (Å²) in [6, 6.07) is 7.63. The number of nitrogens with one attached hydrogen (secondary N) is 2. The number of carbonyl (C=O) groups is 1. The molecule has 1 fully saturated rings. The molecular formula is C16H17N5O2. The van der Waals surface area contributed by atoms with Crippen molar-refractivity contribution in [2.75, 3.05) is 19.7 Å². The number of aromatic amines is 2. The van der Waals surface area contributed by atoms with Crippen molar-refractivity contribution in [2.45, 2.75) is 13.0 Å². The number of carbonyl (C=O) groups excluding carboxylic acids is 1. The van der Waals surface area contributed by atoms with Crippen molar-refractivity contribution in [1.82, 2.24) is 25.1 Å². The molecule has 0 aliphatic carbocycles. The van der Waals surface area contributed by atoms with Crippen LogP contribution in [0.1, 0.15) is 28.1 Å². The summed E-state index contributed by atoms with van der Waals surface area (Å²) < 4.78 is 5.75. The third kappa shape index (κ3) is 2.49. The van der Waals surface area contributed by atoms with Crippen molar-refractivity contribution in [3.8, 4) is 0 Å². The predicted octanol–water partition coefficient (Wildman–Crippen LogP) is 1.81. The van der Waals surface area contributed by atoms with Gasteiger partial charge in [-0.25, -0.2) is 4.98 Å². The molecule has 2 aromatic heterocycles. The van der Waals surface area contributed by atoms with Gasteiger partial charge in [-0.05, 0) is 13.0 Å². The normalized spacial score (nSPS) is 18.5. The van der Waals surface area contributed by atoms with Gasteiger partial charge in [-0.15, -0.1) is 0 Å². The second-order valence-corrected chi connectivity index (χ2v) is 5.68. The number of hydrogen-bond donors (Lipinski definition) is 2. The van der Waals surface area contributed by atoms with E-state index in [-0.39, 0.29) is 12.0 Å². The molecule has 1 saturated heterocycles. The summed E-state index contributed by atoms with van der Waals surface area (Å²) in [4.78, 5) is 22.1. The number of aryl methyl sites for hydroxylation is 1. The molecule has 0 radical (unpaired) electrons. The first-order chi connectivity index (χ1) is 11.2. The number of H-pyrrole nitrogens is 2. The number of benzene rings is 1. The minimum Gasteiger partial charge on any atom is -0.367 e. The van der Waals surface area contributed by atoms with Crippen molar-refractivity contribution >= 4 is 16.8 Å². The van der Waals surface area contributed by atoms with E-state index in [4.69, 9.17) is 4.74 Å². The molecule has 4 rings (SSSR count). The van der Waals surface area contributed by atoms with Crippen molar-refractivity contribution in [3.05, 3.63) is 47.7 Å². The molecule has 0 bridgehead atoms. The zero-order valence-electron chi connectivity index (χ0n) is 12.7. The standard InChI is InChI=1S/C16H17N5O2/c1-10-8-17-15(18-10)13-9-21(6-7-23-13)16(22)14-11-4-2-3-5-12(11)19-20-14/h2-5,8,13H,6-7,9H2,1H3,(H,17,18)(H,19,20)/t13-/m0/s1. The van der Waals surface area contributed by atoms with E-state index in [0.29, 0.717) is 25.4 Å². The van der Waals surface area contributed by atoms with Gasteiger partial charge < -0.3 is 14.6 Å². The van der Waals surface area contributed by atoms with E-state index in [1.807, 2.05) is 31.2 Å². The summed E-state index contributed by atoms with van der Waals surface area (Å²) in [5, 5.41) is 7.94. The van der Waals surface area contributed by atoms with Crippen LogP contribution in [-0.4, -0.2) is 50.7 Å². The molecule has 7 heteroatoms. The fourth-order valence-corrected chi connectivity index (χ4v) is 2.87. The summed E-state index contributed by atoms with van der Waals surface area (Å²) in [7, 11) is 0. The molecule has 23 heavy (non-hydrogen) atoms. The predicted molar refractivity (Wildman–Crippen MR) is 84.0 cm³/mol. The molecule has 0 unspecified atom stereocenters. The van der Waals surface area contributed by atoms with E-state index in [0.717, 1.165) is 22.4 Å². The SMILES string of the molecule is Cc1cnc([C@@H]2CN(C(=O)c3n[nH]c4ccccc34)CCO2)[nH]1. The third-order valence-corrected chi connectivity index (χ3v) is 4.05. The van der Waals surface area contributed by atoms with Crippen molar-refractivity contribution in [3.63, 3.8) is 0 Å². The van der Waals surface area contributed by atoms with Gasteiger partial charge in [-0.3, -0.25) is 9.89 Å². The van der Waals surface area contributed by atoms with Gasteiger partial charge in [0.25, 0.3) is 5.91 Å². The molecule has 1 aliphatic rings. The molecule has 7 nitrogen and oxygen atoms in total. The lowest BCUT2D eigenvalue weighted by Gasteiger charge is -2.31. The number of amides is 1. The maximum Gasteiger partial charge on any atom is 0.275 e. The first-order valence-corrected chi connectivity index (χ1v) is 7.58. The molecule has 0 spiro atoms. The zero-order valence-corrected chi connectivity index (χ0v) is 12.7. The average Bonchev–Trinajstić information content (AvgIpc) is 3.20. The van der Waals surface area contributed by atoms with Crippen LogP contribution in [0, 0.1) is 6.92 Å². The molecule has 3 heterocycles. The molecule has 1 aliphatic heterocycles. The van der Waals surface area contributed by atoms with E-state index in [1.165, 1.54) is 0 Å². The number of morpholine rings is 1. The molecule has 3 aromatic rings. The van der Waals surface area contributed by atoms with Gasteiger partial charge in [0.05, 0.1) is 18.7 Å². The number of nitrogens with zero attached hydrogens (tertiary/aromatic N) is 3. The summed E-state index contributed by atoms with van der Waals surface area (Å²) in [5.41, 5.74) is 2.30. The van der Waals surface area contributed by atoms with Crippen molar-refractivity contribution < 1.29 is 9.53 Å². The Morgan fingerprint density at radius 1 is 1.39 bits per heavy atom. The van der Waals surface area contributed by atoms with Crippen LogP contribution >= 0.6 is 0 Å². The highest BCUT2D eigenvalue weighted by Crippen LogP contribution is 2.23. The van der Waals surface area contributed by atoms with Crippen molar-refractivity contribution in [2.24, 2.45) is 0 Å². The fourth-order valence-electron chi connectivity index (χ4n) is 2.87. The number of hydrogen-bond acceptors (Lipinski definition) is 4. The molecule has 2 N–H and O–H groups in total. The summed E-state index contributed by atoms with van der Waals surface area (Å²) in [6.45, 7) is 3.44. The highest BCUT2D eigenvalue weighted by atomic mass is 16.5. The number of imidazole rings is 1. The molecule has 1 aromatic carbocycles. The van der Waals surface area contributed by atoms with E-state index in [1.54, 1.807) is 11.1 Å². The molecule has 0 saturated carbocycles. The van der Waals surface area contributed by atoms with Crippen molar-refractivity contribution in [1.29, 1.82) is 0 Å². The Labute approximate surface area is 132 Å². The molecular weight excluding hydrogens is 294 g/mol. The Kier molecular flexibility index (Phi) is 3.34. The monoisotopic (exact) mass is 311 g/mol. The van der Waals surface area contributed by atoms with Crippen LogP contribution in [0.4, 0.5) is 0 Å². The minimum atomic E-state index is -0.230. The third-order valence-electron chi connectivity index (χ3n) is 4.05. The fraction of sp³-hybridized carbons (Fsp3) is 0.312. The molecule has 1 amide bonds. The quantitative estimate of drug-likeness (QED) is 0.755. The van der Waals surface area contributed by atoms with Crippen LogP contribution in [0.5, 0.6) is 0 Å². The maximum absolute atomic E-state index is 12.8. The van der Waals surface area contributed by atoms with Gasteiger partial charge in [0.15, 0.2) is 5.69 Å². The van der Waals surface area contributed by atoms with E-state index in [9.17, 15) is 4.79 Å². The number of rotatable bonds is 2. The maximum atomic E-state index is 12.8. The van der Waals surface area contributed by atoms with Gasteiger partial charge in [0.2, 0.25) is 0 Å². The van der Waals surface area contributed by atoms with Gasteiger partial charge in [-0.1, -0.05) is 18.2 Å². The topological polar surface area (TPSA) is 86.9 Å². The van der Waals surface area contributed by atoms with Gasteiger partial charge >= 0.3 is 0 Å². The van der Waals surface area contributed by atoms with E-state index < -0.39 is 0 Å². The van der Waals surface area contributed by atoms with Crippen LogP contribution in [0.15, 0.2) is 30.5 Å². The van der Waals surface area contributed by atoms with Crippen LogP contribution in [0.2, 0.25) is 0 Å². The first kappa shape index (κ1) is 14.0. The number of aromatic nitrogens is 4. The lowest BCUT2D eigenvalue weighted by atomic mass is 10.1. The Bertz CT molecular complexity index is 853. The number of para-hydroxylation sites is 1. The average molecular weight is 311 g/mol. The van der Waals surface area contributed by atoms with E-state index in [2.05, 4.69) is 20.2 Å². The Hall–Kier alpha value is -2.67. The van der Waals surface area contributed by atoms with Gasteiger partial charge in [0.1, 0.15) is 11.9 Å². The molecule has 118 valence electrons. The first-order valence-electron chi connectivity index (χ1n) is 7.58. The van der Waals surface area contributed by atoms with Gasteiger partial charge in [-0.2, -0.15) is 5.10 Å². The minimum absolute atomic E-state index is 0.0842. The zero-order chi connectivity index (χ0) is 15.8. The lowest BCUT2D eigenvalue weighted by Crippen LogP contribution is -2.42. The second-order valence-electron chi connectivity index (χ2n) is 5.68. The van der Waals surface area contributed by atoms with Gasteiger partial charge in [0, 0.05) is 23.8 Å². The largest absolute Gasteiger partial charge is 0.367 e. The number of fused-ring (bicyclic) bond motifs is 1. The smallest absolute Gasteiger partial charge is 0.275 e. The summed E-state index contributed by atoms with van der Waals surface area (Å²) in [5.74, 6) is 0.672. The second kappa shape index (κ2) is 5.51. The summed E-state index contributed by atoms with van der Waals surface area (Å²) in [6.07, 6.45) is 1.53. The Morgan fingerprint density at radius 2 is 2.26 bits per heavy atom. The van der Waals surface area contributed by atoms with E-state index >= 15 is 0 Å². The van der Waals surface area contributed by atoms with Crippen LogP contribution in [-0.2, 0) is 4.74 Å². The Balaban J connectivity index is 1.58.